The van der Waals surface area contributed by atoms with Gasteiger partial charge in [-0.1, -0.05) is 0 Å². The molecule has 0 aromatic rings. The van der Waals surface area contributed by atoms with Gasteiger partial charge in [-0.25, -0.2) is 0 Å². The van der Waals surface area contributed by atoms with Gasteiger partial charge in [-0.3, -0.25) is 14.6 Å². The van der Waals surface area contributed by atoms with Gasteiger partial charge in [0.25, 0.3) is 0 Å². The standard InChI is InChI=1S/C14H24F3N3O2/c15-14(16,17)11-20-4-1-12(2-5-20)13(21)18-3-6-19-7-9-22-10-8-19/h12H,1-11H2,(H,18,21). The zero-order valence-corrected chi connectivity index (χ0v) is 12.7. The molecule has 0 bridgehead atoms. The fourth-order valence-electron chi connectivity index (χ4n) is 2.91. The molecule has 0 radical (unpaired) electrons. The summed E-state index contributed by atoms with van der Waals surface area (Å²) in [6, 6.07) is 0. The summed E-state index contributed by atoms with van der Waals surface area (Å²) in [6.45, 7) is 4.39. The minimum absolute atomic E-state index is 0.0279. The van der Waals surface area contributed by atoms with Crippen LogP contribution in [0.2, 0.25) is 0 Å². The predicted molar refractivity (Wildman–Crippen MR) is 75.5 cm³/mol. The van der Waals surface area contributed by atoms with E-state index in [-0.39, 0.29) is 11.8 Å². The van der Waals surface area contributed by atoms with Crippen molar-refractivity contribution < 1.29 is 22.7 Å². The molecule has 0 atom stereocenters. The van der Waals surface area contributed by atoms with E-state index in [4.69, 9.17) is 4.74 Å². The molecule has 2 fully saturated rings. The van der Waals surface area contributed by atoms with E-state index >= 15 is 0 Å². The molecule has 0 unspecified atom stereocenters. The van der Waals surface area contributed by atoms with E-state index in [0.717, 1.165) is 32.8 Å². The minimum Gasteiger partial charge on any atom is -0.379 e. The third-order valence-corrected chi connectivity index (χ3v) is 4.19. The molecule has 0 spiro atoms. The second-order valence-electron chi connectivity index (χ2n) is 5.91. The van der Waals surface area contributed by atoms with Gasteiger partial charge >= 0.3 is 6.18 Å². The molecule has 2 heterocycles. The van der Waals surface area contributed by atoms with E-state index in [1.807, 2.05) is 0 Å². The normalized spacial score (nSPS) is 22.7. The Labute approximate surface area is 128 Å². The molecule has 2 aliphatic rings. The molecule has 0 aliphatic carbocycles. The number of nitrogens with zero attached hydrogens (tertiary/aromatic N) is 2. The Morgan fingerprint density at radius 1 is 1.09 bits per heavy atom. The number of amides is 1. The molecule has 1 N–H and O–H groups in total. The lowest BCUT2D eigenvalue weighted by molar-refractivity contribution is -0.149. The number of nitrogens with one attached hydrogen (secondary N) is 1. The molecule has 0 saturated carbocycles. The Morgan fingerprint density at radius 2 is 1.73 bits per heavy atom. The van der Waals surface area contributed by atoms with Crippen LogP contribution in [-0.2, 0) is 9.53 Å². The van der Waals surface area contributed by atoms with Crippen LogP contribution in [0.4, 0.5) is 13.2 Å². The van der Waals surface area contributed by atoms with E-state index < -0.39 is 12.7 Å². The van der Waals surface area contributed by atoms with Crippen molar-refractivity contribution in [2.75, 3.05) is 59.0 Å². The third-order valence-electron chi connectivity index (χ3n) is 4.19. The zero-order valence-electron chi connectivity index (χ0n) is 12.7. The highest BCUT2D eigenvalue weighted by Gasteiger charge is 2.33. The van der Waals surface area contributed by atoms with Crippen molar-refractivity contribution in [3.05, 3.63) is 0 Å². The maximum atomic E-state index is 12.3. The van der Waals surface area contributed by atoms with Gasteiger partial charge in [0.05, 0.1) is 19.8 Å². The van der Waals surface area contributed by atoms with E-state index in [0.29, 0.717) is 32.5 Å². The molecule has 8 heteroatoms. The van der Waals surface area contributed by atoms with Crippen molar-refractivity contribution in [3.63, 3.8) is 0 Å². The highest BCUT2D eigenvalue weighted by molar-refractivity contribution is 5.78. The van der Waals surface area contributed by atoms with Gasteiger partial charge in [0, 0.05) is 32.1 Å². The van der Waals surface area contributed by atoms with Gasteiger partial charge in [0.1, 0.15) is 0 Å². The summed E-state index contributed by atoms with van der Waals surface area (Å²) in [4.78, 5) is 15.6. The van der Waals surface area contributed by atoms with Gasteiger partial charge in [-0.15, -0.1) is 0 Å². The average Bonchev–Trinajstić information content (AvgIpc) is 2.47. The maximum absolute atomic E-state index is 12.3. The number of halogens is 3. The van der Waals surface area contributed by atoms with Crippen LogP contribution in [0.1, 0.15) is 12.8 Å². The van der Waals surface area contributed by atoms with Gasteiger partial charge < -0.3 is 10.1 Å². The van der Waals surface area contributed by atoms with Crippen LogP contribution in [0, 0.1) is 5.92 Å². The van der Waals surface area contributed by atoms with E-state index in [1.165, 1.54) is 4.90 Å². The fraction of sp³-hybridized carbons (Fsp3) is 0.929. The van der Waals surface area contributed by atoms with Crippen LogP contribution in [-0.4, -0.2) is 80.9 Å². The van der Waals surface area contributed by atoms with Crippen molar-refractivity contribution in [2.24, 2.45) is 5.92 Å². The van der Waals surface area contributed by atoms with Crippen LogP contribution in [0.15, 0.2) is 0 Å². The largest absolute Gasteiger partial charge is 0.401 e. The van der Waals surface area contributed by atoms with Crippen LogP contribution in [0.25, 0.3) is 0 Å². The van der Waals surface area contributed by atoms with Crippen molar-refractivity contribution in [3.8, 4) is 0 Å². The number of carbonyl (C=O) groups is 1. The lowest BCUT2D eigenvalue weighted by atomic mass is 9.96. The minimum atomic E-state index is -4.16. The summed E-state index contributed by atoms with van der Waals surface area (Å²) in [6.07, 6.45) is -3.16. The van der Waals surface area contributed by atoms with Crippen molar-refractivity contribution >= 4 is 5.91 Å². The average molecular weight is 323 g/mol. The lowest BCUT2D eigenvalue weighted by Gasteiger charge is -2.32. The fourth-order valence-corrected chi connectivity index (χ4v) is 2.91. The molecule has 2 aliphatic heterocycles. The summed E-state index contributed by atoms with van der Waals surface area (Å²) in [5.74, 6) is -0.186. The molecule has 5 nitrogen and oxygen atoms in total. The van der Waals surface area contributed by atoms with Crippen molar-refractivity contribution in [1.29, 1.82) is 0 Å². The third kappa shape index (κ3) is 6.10. The Kier molecular flexibility index (Phi) is 6.46. The van der Waals surface area contributed by atoms with E-state index in [9.17, 15) is 18.0 Å². The number of piperidine rings is 1. The summed E-state index contributed by atoms with van der Waals surface area (Å²) in [7, 11) is 0. The first-order chi connectivity index (χ1) is 10.4. The first kappa shape index (κ1) is 17.5. The summed E-state index contributed by atoms with van der Waals surface area (Å²) >= 11 is 0. The molecular formula is C14H24F3N3O2. The highest BCUT2D eigenvalue weighted by atomic mass is 19.4. The molecule has 2 saturated heterocycles. The monoisotopic (exact) mass is 323 g/mol. The van der Waals surface area contributed by atoms with Crippen molar-refractivity contribution in [2.45, 2.75) is 19.0 Å². The van der Waals surface area contributed by atoms with Gasteiger partial charge in [0.15, 0.2) is 0 Å². The van der Waals surface area contributed by atoms with E-state index in [2.05, 4.69) is 10.2 Å². The van der Waals surface area contributed by atoms with Crippen LogP contribution in [0.3, 0.4) is 0 Å². The molecule has 128 valence electrons. The molecule has 0 aromatic carbocycles. The quantitative estimate of drug-likeness (QED) is 0.809. The molecule has 0 aromatic heterocycles. The number of ether oxygens (including phenoxy) is 1. The number of hydrogen-bond donors (Lipinski definition) is 1. The molecular weight excluding hydrogens is 299 g/mol. The first-order valence-electron chi connectivity index (χ1n) is 7.81. The Hall–Kier alpha value is -0.860. The topological polar surface area (TPSA) is 44.8 Å². The number of rotatable bonds is 5. The Morgan fingerprint density at radius 3 is 2.32 bits per heavy atom. The summed E-state index contributed by atoms with van der Waals surface area (Å²) in [5, 5.41) is 2.90. The van der Waals surface area contributed by atoms with Gasteiger partial charge in [-0.05, 0) is 25.9 Å². The second-order valence-corrected chi connectivity index (χ2v) is 5.91. The number of morpholine rings is 1. The van der Waals surface area contributed by atoms with Crippen molar-refractivity contribution in [1.82, 2.24) is 15.1 Å². The lowest BCUT2D eigenvalue weighted by Crippen LogP contribution is -2.45. The number of likely N-dealkylation sites (tertiary alicyclic amines) is 1. The molecule has 1 amide bonds. The van der Waals surface area contributed by atoms with Crippen LogP contribution >= 0.6 is 0 Å². The highest BCUT2D eigenvalue weighted by Crippen LogP contribution is 2.22. The van der Waals surface area contributed by atoms with Crippen LogP contribution in [0.5, 0.6) is 0 Å². The van der Waals surface area contributed by atoms with Crippen LogP contribution < -0.4 is 5.32 Å². The predicted octanol–water partition coefficient (Wildman–Crippen LogP) is 0.709. The number of carbonyl (C=O) groups excluding carboxylic acids is 1. The summed E-state index contributed by atoms with van der Waals surface area (Å²) in [5.41, 5.74) is 0. The zero-order chi connectivity index (χ0) is 16.0. The first-order valence-corrected chi connectivity index (χ1v) is 7.81. The number of alkyl halides is 3. The smallest absolute Gasteiger partial charge is 0.379 e. The Balaban J connectivity index is 1.60. The SMILES string of the molecule is O=C(NCCN1CCOCC1)C1CCN(CC(F)(F)F)CC1. The second kappa shape index (κ2) is 8.12. The van der Waals surface area contributed by atoms with Gasteiger partial charge in [0.2, 0.25) is 5.91 Å². The molecule has 2 rings (SSSR count). The maximum Gasteiger partial charge on any atom is 0.401 e. The van der Waals surface area contributed by atoms with E-state index in [1.54, 1.807) is 0 Å². The van der Waals surface area contributed by atoms with Gasteiger partial charge in [-0.2, -0.15) is 13.2 Å². The Bertz CT molecular complexity index is 352. The molecule has 22 heavy (non-hydrogen) atoms. The summed E-state index contributed by atoms with van der Waals surface area (Å²) < 4.78 is 42.2. The number of hydrogen-bond acceptors (Lipinski definition) is 4.